The van der Waals surface area contributed by atoms with E-state index in [0.717, 1.165) is 42.5 Å². The molecule has 0 radical (unpaired) electrons. The molecule has 1 unspecified atom stereocenters. The van der Waals surface area contributed by atoms with Gasteiger partial charge in [-0.3, -0.25) is 9.48 Å². The number of aromatic nitrogens is 2. The van der Waals surface area contributed by atoms with Crippen LogP contribution in [0.4, 0.5) is 5.00 Å². The van der Waals surface area contributed by atoms with E-state index in [4.69, 9.17) is 9.84 Å². The van der Waals surface area contributed by atoms with Crippen LogP contribution < -0.4 is 5.32 Å². The molecule has 0 spiro atoms. The third-order valence-corrected chi connectivity index (χ3v) is 6.15. The molecule has 0 saturated carbocycles. The molecule has 0 aromatic carbocycles. The predicted molar refractivity (Wildman–Crippen MR) is 109 cm³/mol. The van der Waals surface area contributed by atoms with Crippen LogP contribution in [0.3, 0.4) is 0 Å². The molecule has 1 aliphatic rings. The predicted octanol–water partition coefficient (Wildman–Crippen LogP) is 3.51. The van der Waals surface area contributed by atoms with Crippen LogP contribution >= 0.6 is 11.3 Å². The maximum absolute atomic E-state index is 12.8. The monoisotopic (exact) mass is 419 g/mol. The van der Waals surface area contributed by atoms with Crippen LogP contribution in [0.2, 0.25) is 0 Å². The van der Waals surface area contributed by atoms with Crippen molar-refractivity contribution in [3.05, 3.63) is 34.0 Å². The average molecular weight is 420 g/mol. The van der Waals surface area contributed by atoms with Gasteiger partial charge in [-0.2, -0.15) is 5.10 Å². The van der Waals surface area contributed by atoms with E-state index < -0.39 is 5.97 Å². The van der Waals surface area contributed by atoms with Gasteiger partial charge >= 0.3 is 11.9 Å². The second kappa shape index (κ2) is 9.21. The number of nitrogens with one attached hydrogen (secondary N) is 1. The van der Waals surface area contributed by atoms with Crippen LogP contribution in [0.25, 0.3) is 0 Å². The molecule has 29 heavy (non-hydrogen) atoms. The Morgan fingerprint density at radius 3 is 2.79 bits per heavy atom. The first kappa shape index (κ1) is 21.0. The number of aryl methyl sites for hydroxylation is 2. The topological polar surface area (TPSA) is 111 Å². The van der Waals surface area contributed by atoms with Crippen LogP contribution in [0, 0.1) is 0 Å². The molecule has 0 aliphatic heterocycles. The molecule has 0 saturated heterocycles. The summed E-state index contributed by atoms with van der Waals surface area (Å²) in [6, 6.07) is 1.39. The van der Waals surface area contributed by atoms with E-state index >= 15 is 0 Å². The van der Waals surface area contributed by atoms with Gasteiger partial charge in [0.15, 0.2) is 5.69 Å². The SMILES string of the molecule is CCC(C)OC(=O)c1c(NC(=O)CCn2ccc(C(=O)O)n2)sc2c1CCCC2. The van der Waals surface area contributed by atoms with E-state index in [0.29, 0.717) is 10.6 Å². The number of aromatic carboxylic acids is 1. The fraction of sp³-hybridized carbons (Fsp3) is 0.500. The van der Waals surface area contributed by atoms with Crippen LogP contribution in [-0.2, 0) is 28.9 Å². The molecule has 2 aromatic rings. The molecule has 0 fully saturated rings. The quantitative estimate of drug-likeness (QED) is 0.634. The highest BCUT2D eigenvalue weighted by Crippen LogP contribution is 2.38. The normalized spacial score (nSPS) is 14.1. The van der Waals surface area contributed by atoms with Gasteiger partial charge in [0.25, 0.3) is 0 Å². The second-order valence-corrected chi connectivity index (χ2v) is 8.21. The minimum Gasteiger partial charge on any atom is -0.476 e. The van der Waals surface area contributed by atoms with Gasteiger partial charge in [-0.25, -0.2) is 9.59 Å². The maximum atomic E-state index is 12.8. The minimum atomic E-state index is -1.11. The number of carbonyl (C=O) groups is 3. The third-order valence-electron chi connectivity index (χ3n) is 4.94. The van der Waals surface area contributed by atoms with E-state index in [1.165, 1.54) is 28.3 Å². The molecular weight excluding hydrogens is 394 g/mol. The highest BCUT2D eigenvalue weighted by molar-refractivity contribution is 7.17. The Morgan fingerprint density at radius 1 is 1.34 bits per heavy atom. The lowest BCUT2D eigenvalue weighted by Crippen LogP contribution is -2.19. The number of carboxylic acid groups (broad SMARTS) is 1. The van der Waals surface area contributed by atoms with Crippen molar-refractivity contribution < 1.29 is 24.2 Å². The number of rotatable bonds is 8. The number of esters is 1. The molecule has 1 aliphatic carbocycles. The Labute approximate surface area is 172 Å². The van der Waals surface area contributed by atoms with Crippen LogP contribution in [0.15, 0.2) is 12.3 Å². The van der Waals surface area contributed by atoms with Crippen molar-refractivity contribution in [3.8, 4) is 0 Å². The number of fused-ring (bicyclic) bond motifs is 1. The highest BCUT2D eigenvalue weighted by atomic mass is 32.1. The largest absolute Gasteiger partial charge is 0.476 e. The fourth-order valence-electron chi connectivity index (χ4n) is 3.20. The summed E-state index contributed by atoms with van der Waals surface area (Å²) in [6.45, 7) is 4.05. The Kier molecular flexibility index (Phi) is 6.68. The van der Waals surface area contributed by atoms with Gasteiger partial charge in [-0.05, 0) is 50.7 Å². The van der Waals surface area contributed by atoms with Gasteiger partial charge < -0.3 is 15.2 Å². The molecular formula is C20H25N3O5S. The Balaban J connectivity index is 1.71. The van der Waals surface area contributed by atoms with Crippen molar-refractivity contribution >= 4 is 34.2 Å². The first-order valence-electron chi connectivity index (χ1n) is 9.81. The molecule has 0 bridgehead atoms. The van der Waals surface area contributed by atoms with Crippen LogP contribution in [0.1, 0.15) is 70.8 Å². The maximum Gasteiger partial charge on any atom is 0.356 e. The molecule has 2 N–H and O–H groups in total. The summed E-state index contributed by atoms with van der Waals surface area (Å²) in [5, 5.41) is 16.2. The molecule has 1 amide bonds. The minimum absolute atomic E-state index is 0.0635. The van der Waals surface area contributed by atoms with Gasteiger partial charge in [-0.1, -0.05) is 6.92 Å². The second-order valence-electron chi connectivity index (χ2n) is 7.11. The van der Waals surface area contributed by atoms with Crippen molar-refractivity contribution in [2.45, 2.75) is 65.0 Å². The van der Waals surface area contributed by atoms with Crippen molar-refractivity contribution in [3.63, 3.8) is 0 Å². The Hall–Kier alpha value is -2.68. The molecule has 3 rings (SSSR count). The number of hydrogen-bond acceptors (Lipinski definition) is 6. The summed E-state index contributed by atoms with van der Waals surface area (Å²) in [6.07, 6.45) is 6.00. The van der Waals surface area contributed by atoms with E-state index in [-0.39, 0.29) is 36.6 Å². The summed E-state index contributed by atoms with van der Waals surface area (Å²) in [4.78, 5) is 37.3. The number of hydrogen-bond donors (Lipinski definition) is 2. The molecule has 2 heterocycles. The van der Waals surface area contributed by atoms with Gasteiger partial charge in [0, 0.05) is 24.0 Å². The number of amides is 1. The van der Waals surface area contributed by atoms with E-state index in [1.807, 2.05) is 13.8 Å². The highest BCUT2D eigenvalue weighted by Gasteiger charge is 2.28. The molecule has 156 valence electrons. The number of ether oxygens (including phenoxy) is 1. The lowest BCUT2D eigenvalue weighted by molar-refractivity contribution is -0.116. The van der Waals surface area contributed by atoms with Gasteiger partial charge in [0.2, 0.25) is 5.91 Å². The number of carbonyl (C=O) groups excluding carboxylic acids is 2. The number of anilines is 1. The average Bonchev–Trinajstić information content (AvgIpc) is 3.30. The molecule has 1 atom stereocenters. The van der Waals surface area contributed by atoms with Gasteiger partial charge in [0.1, 0.15) is 5.00 Å². The van der Waals surface area contributed by atoms with Crippen LogP contribution in [0.5, 0.6) is 0 Å². The standard InChI is InChI=1S/C20H25N3O5S/c1-3-12(2)28-20(27)17-13-6-4-5-7-15(13)29-18(17)21-16(24)9-11-23-10-8-14(22-23)19(25)26/h8,10,12H,3-7,9,11H2,1-2H3,(H,21,24)(H,25,26). The van der Waals surface area contributed by atoms with Gasteiger partial charge in [-0.15, -0.1) is 11.3 Å². The summed E-state index contributed by atoms with van der Waals surface area (Å²) >= 11 is 1.45. The zero-order chi connectivity index (χ0) is 21.0. The third kappa shape index (κ3) is 5.03. The number of thiophene rings is 1. The van der Waals surface area contributed by atoms with Crippen molar-refractivity contribution in [1.29, 1.82) is 0 Å². The number of carboxylic acids is 1. The first-order valence-corrected chi connectivity index (χ1v) is 10.6. The van der Waals surface area contributed by atoms with Crippen molar-refractivity contribution in [2.75, 3.05) is 5.32 Å². The first-order chi connectivity index (χ1) is 13.9. The van der Waals surface area contributed by atoms with Gasteiger partial charge in [0.05, 0.1) is 11.7 Å². The zero-order valence-electron chi connectivity index (χ0n) is 16.6. The zero-order valence-corrected chi connectivity index (χ0v) is 17.4. The molecule has 2 aromatic heterocycles. The number of nitrogens with zero attached hydrogens (tertiary/aromatic N) is 2. The Bertz CT molecular complexity index is 917. The summed E-state index contributed by atoms with van der Waals surface area (Å²) in [5.41, 5.74) is 1.43. The molecule has 8 nitrogen and oxygen atoms in total. The van der Waals surface area contributed by atoms with Crippen LogP contribution in [-0.4, -0.2) is 38.8 Å². The summed E-state index contributed by atoms with van der Waals surface area (Å²) in [7, 11) is 0. The fourth-order valence-corrected chi connectivity index (χ4v) is 4.49. The van der Waals surface area contributed by atoms with E-state index in [9.17, 15) is 14.4 Å². The summed E-state index contributed by atoms with van der Waals surface area (Å²) < 4.78 is 6.95. The smallest absolute Gasteiger partial charge is 0.356 e. The van der Waals surface area contributed by atoms with E-state index in [1.54, 1.807) is 0 Å². The van der Waals surface area contributed by atoms with E-state index in [2.05, 4.69) is 10.4 Å². The lowest BCUT2D eigenvalue weighted by atomic mass is 9.95. The van der Waals surface area contributed by atoms with Crippen molar-refractivity contribution in [2.24, 2.45) is 0 Å². The summed E-state index contributed by atoms with van der Waals surface area (Å²) in [5.74, 6) is -1.75. The lowest BCUT2D eigenvalue weighted by Gasteiger charge is -2.15. The Morgan fingerprint density at radius 2 is 2.10 bits per heavy atom. The van der Waals surface area contributed by atoms with Crippen molar-refractivity contribution in [1.82, 2.24) is 9.78 Å². The molecule has 9 heteroatoms.